The van der Waals surface area contributed by atoms with Crippen LogP contribution in [0.3, 0.4) is 0 Å². The minimum Gasteiger partial charge on any atom is -0.336 e. The first kappa shape index (κ1) is 15.9. The third kappa shape index (κ3) is 3.15. The average Bonchev–Trinajstić information content (AvgIpc) is 3.16. The SMILES string of the molecule is CN1CCCCC1CCN1CC(n2cc(N3CCNC3=O)cn2)C1. The van der Waals surface area contributed by atoms with Crippen molar-refractivity contribution >= 4 is 11.7 Å². The zero-order valence-electron chi connectivity index (χ0n) is 14.5. The third-order valence-corrected chi connectivity index (χ3v) is 5.77. The Morgan fingerprint density at radius 1 is 1.29 bits per heavy atom. The zero-order valence-corrected chi connectivity index (χ0v) is 14.5. The van der Waals surface area contributed by atoms with Gasteiger partial charge in [0.05, 0.1) is 17.9 Å². The summed E-state index contributed by atoms with van der Waals surface area (Å²) in [6.07, 6.45) is 9.20. The molecular weight excluding hydrogens is 304 g/mol. The summed E-state index contributed by atoms with van der Waals surface area (Å²) in [7, 11) is 2.27. The van der Waals surface area contributed by atoms with E-state index >= 15 is 0 Å². The molecule has 0 saturated carbocycles. The monoisotopic (exact) mass is 332 g/mol. The van der Waals surface area contributed by atoms with Crippen LogP contribution < -0.4 is 10.2 Å². The first-order valence-corrected chi connectivity index (χ1v) is 9.23. The van der Waals surface area contributed by atoms with Crippen molar-refractivity contribution in [2.75, 3.05) is 51.2 Å². The fraction of sp³-hybridized carbons (Fsp3) is 0.765. The molecule has 3 saturated heterocycles. The van der Waals surface area contributed by atoms with Crippen LogP contribution in [0.2, 0.25) is 0 Å². The Morgan fingerprint density at radius 3 is 2.92 bits per heavy atom. The Kier molecular flexibility index (Phi) is 4.45. The molecule has 1 atom stereocenters. The van der Waals surface area contributed by atoms with Crippen molar-refractivity contribution in [2.24, 2.45) is 0 Å². The maximum absolute atomic E-state index is 11.7. The molecule has 132 valence electrons. The number of rotatable bonds is 5. The second kappa shape index (κ2) is 6.72. The molecule has 0 aliphatic carbocycles. The van der Waals surface area contributed by atoms with Gasteiger partial charge in [0.25, 0.3) is 0 Å². The van der Waals surface area contributed by atoms with E-state index in [0.717, 1.165) is 37.9 Å². The van der Waals surface area contributed by atoms with Crippen LogP contribution in [-0.4, -0.2) is 78.0 Å². The van der Waals surface area contributed by atoms with Gasteiger partial charge in [-0.05, 0) is 39.4 Å². The lowest BCUT2D eigenvalue weighted by molar-refractivity contribution is 0.0787. The van der Waals surface area contributed by atoms with Gasteiger partial charge in [0.1, 0.15) is 0 Å². The van der Waals surface area contributed by atoms with Gasteiger partial charge in [-0.2, -0.15) is 5.10 Å². The number of nitrogens with zero attached hydrogens (tertiary/aromatic N) is 5. The lowest BCUT2D eigenvalue weighted by Crippen LogP contribution is -2.49. The van der Waals surface area contributed by atoms with E-state index in [4.69, 9.17) is 0 Å². The fourth-order valence-corrected chi connectivity index (χ4v) is 4.12. The molecule has 4 heterocycles. The number of nitrogens with one attached hydrogen (secondary N) is 1. The smallest absolute Gasteiger partial charge is 0.322 e. The molecule has 7 heteroatoms. The molecule has 0 spiro atoms. The third-order valence-electron chi connectivity index (χ3n) is 5.77. The van der Waals surface area contributed by atoms with Gasteiger partial charge in [-0.1, -0.05) is 6.42 Å². The topological polar surface area (TPSA) is 56.6 Å². The zero-order chi connectivity index (χ0) is 16.5. The van der Waals surface area contributed by atoms with Crippen LogP contribution in [0.15, 0.2) is 12.4 Å². The fourth-order valence-electron chi connectivity index (χ4n) is 4.12. The lowest BCUT2D eigenvalue weighted by Gasteiger charge is -2.41. The van der Waals surface area contributed by atoms with Gasteiger partial charge in [0.2, 0.25) is 0 Å². The van der Waals surface area contributed by atoms with Crippen molar-refractivity contribution in [3.05, 3.63) is 12.4 Å². The van der Waals surface area contributed by atoms with Gasteiger partial charge in [-0.25, -0.2) is 4.79 Å². The molecule has 0 aromatic carbocycles. The number of urea groups is 1. The molecule has 0 radical (unpaired) electrons. The molecule has 1 N–H and O–H groups in total. The highest BCUT2D eigenvalue weighted by molar-refractivity contribution is 5.93. The van der Waals surface area contributed by atoms with Gasteiger partial charge in [-0.3, -0.25) is 14.5 Å². The summed E-state index contributed by atoms with van der Waals surface area (Å²) in [5, 5.41) is 7.30. The summed E-state index contributed by atoms with van der Waals surface area (Å²) in [4.78, 5) is 18.5. The first-order chi connectivity index (χ1) is 11.7. The maximum Gasteiger partial charge on any atom is 0.322 e. The molecule has 3 aliphatic rings. The molecule has 1 aromatic rings. The largest absolute Gasteiger partial charge is 0.336 e. The number of hydrogen-bond acceptors (Lipinski definition) is 4. The summed E-state index contributed by atoms with van der Waals surface area (Å²) >= 11 is 0. The minimum atomic E-state index is -0.0126. The van der Waals surface area contributed by atoms with Crippen molar-refractivity contribution in [1.29, 1.82) is 0 Å². The number of anilines is 1. The Morgan fingerprint density at radius 2 is 2.17 bits per heavy atom. The van der Waals surface area contributed by atoms with Crippen LogP contribution in [0, 0.1) is 0 Å². The van der Waals surface area contributed by atoms with E-state index < -0.39 is 0 Å². The Balaban J connectivity index is 1.24. The highest BCUT2D eigenvalue weighted by Crippen LogP contribution is 2.25. The number of likely N-dealkylation sites (tertiary alicyclic amines) is 2. The Hall–Kier alpha value is -1.60. The summed E-state index contributed by atoms with van der Waals surface area (Å²) in [6, 6.07) is 1.21. The number of carbonyl (C=O) groups is 1. The highest BCUT2D eigenvalue weighted by atomic mass is 16.2. The van der Waals surface area contributed by atoms with Gasteiger partial charge >= 0.3 is 6.03 Å². The molecule has 3 fully saturated rings. The van der Waals surface area contributed by atoms with E-state index in [9.17, 15) is 4.79 Å². The van der Waals surface area contributed by atoms with Gasteiger partial charge in [-0.15, -0.1) is 0 Å². The van der Waals surface area contributed by atoms with Crippen molar-refractivity contribution < 1.29 is 4.79 Å². The van der Waals surface area contributed by atoms with E-state index in [1.165, 1.54) is 38.8 Å². The van der Waals surface area contributed by atoms with Crippen LogP contribution >= 0.6 is 0 Å². The molecular formula is C17H28N6O. The first-order valence-electron chi connectivity index (χ1n) is 9.23. The van der Waals surface area contributed by atoms with Gasteiger partial charge in [0.15, 0.2) is 0 Å². The van der Waals surface area contributed by atoms with Crippen molar-refractivity contribution in [3.8, 4) is 0 Å². The highest BCUT2D eigenvalue weighted by Gasteiger charge is 2.31. The predicted molar refractivity (Wildman–Crippen MR) is 93.3 cm³/mol. The molecule has 1 aromatic heterocycles. The van der Waals surface area contributed by atoms with Crippen LogP contribution in [0.1, 0.15) is 31.7 Å². The molecule has 1 unspecified atom stereocenters. The second-order valence-corrected chi connectivity index (χ2v) is 7.39. The molecule has 2 amide bonds. The molecule has 24 heavy (non-hydrogen) atoms. The summed E-state index contributed by atoms with van der Waals surface area (Å²) < 4.78 is 2.03. The van der Waals surface area contributed by atoms with Crippen LogP contribution in [0.5, 0.6) is 0 Å². The van der Waals surface area contributed by atoms with Crippen LogP contribution in [0.25, 0.3) is 0 Å². The number of aromatic nitrogens is 2. The van der Waals surface area contributed by atoms with Crippen LogP contribution in [-0.2, 0) is 0 Å². The molecule has 7 nitrogen and oxygen atoms in total. The quantitative estimate of drug-likeness (QED) is 0.879. The Labute approximate surface area is 143 Å². The van der Waals surface area contributed by atoms with Crippen LogP contribution in [0.4, 0.5) is 10.5 Å². The van der Waals surface area contributed by atoms with E-state index in [1.54, 1.807) is 4.90 Å². The van der Waals surface area contributed by atoms with Gasteiger partial charge < -0.3 is 10.2 Å². The predicted octanol–water partition coefficient (Wildman–Crippen LogP) is 1.14. The van der Waals surface area contributed by atoms with E-state index in [1.807, 2.05) is 17.1 Å². The Bertz CT molecular complexity index is 581. The second-order valence-electron chi connectivity index (χ2n) is 7.39. The minimum absolute atomic E-state index is 0.0126. The average molecular weight is 332 g/mol. The van der Waals surface area contributed by atoms with Crippen molar-refractivity contribution in [1.82, 2.24) is 24.9 Å². The van der Waals surface area contributed by atoms with Crippen molar-refractivity contribution in [2.45, 2.75) is 37.8 Å². The summed E-state index contributed by atoms with van der Waals surface area (Å²) in [5.41, 5.74) is 0.910. The summed E-state index contributed by atoms with van der Waals surface area (Å²) in [5.74, 6) is 0. The maximum atomic E-state index is 11.7. The van der Waals surface area contributed by atoms with Crippen molar-refractivity contribution in [3.63, 3.8) is 0 Å². The molecule has 4 rings (SSSR count). The molecule has 3 aliphatic heterocycles. The standard InChI is InChI=1S/C17H28N6O/c1-20-7-3-2-4-14(20)5-8-21-11-16(12-21)23-13-15(10-19-23)22-9-6-18-17(22)24/h10,13-14,16H,2-9,11-12H2,1H3,(H,18,24). The summed E-state index contributed by atoms with van der Waals surface area (Å²) in [6.45, 7) is 6.04. The van der Waals surface area contributed by atoms with Gasteiger partial charge in [0, 0.05) is 38.4 Å². The van der Waals surface area contributed by atoms with E-state index in [2.05, 4.69) is 27.3 Å². The normalized spacial score (nSPS) is 26.6. The van der Waals surface area contributed by atoms with E-state index in [0.29, 0.717) is 6.04 Å². The number of piperidine rings is 1. The lowest BCUT2D eigenvalue weighted by atomic mass is 9.99. The van der Waals surface area contributed by atoms with E-state index in [-0.39, 0.29) is 6.03 Å². The number of amides is 2. The number of carbonyl (C=O) groups excluding carboxylic acids is 1. The number of hydrogen-bond donors (Lipinski definition) is 1. The molecule has 0 bridgehead atoms.